The van der Waals surface area contributed by atoms with Crippen LogP contribution in [0.1, 0.15) is 41.8 Å². The number of carbonyl (C=O) groups excluding carboxylic acids is 1. The molecule has 2 heterocycles. The predicted molar refractivity (Wildman–Crippen MR) is 116 cm³/mol. The summed E-state index contributed by atoms with van der Waals surface area (Å²) in [4.78, 5) is 28.9. The Bertz CT molecular complexity index is 1030. The lowest BCUT2D eigenvalue weighted by Crippen LogP contribution is -2.44. The second-order valence-electron chi connectivity index (χ2n) is 7.72. The number of aromatic nitrogens is 2. The normalized spacial score (nSPS) is 15.5. The molecule has 1 aliphatic rings. The van der Waals surface area contributed by atoms with Gasteiger partial charge in [0.15, 0.2) is 0 Å². The lowest BCUT2D eigenvalue weighted by atomic mass is 9.74. The third-order valence-corrected chi connectivity index (χ3v) is 6.57. The van der Waals surface area contributed by atoms with Crippen LogP contribution in [0.25, 0.3) is 22.4 Å². The van der Waals surface area contributed by atoms with Crippen LogP contribution in [0.5, 0.6) is 0 Å². The van der Waals surface area contributed by atoms with Crippen LogP contribution < -0.4 is 5.32 Å². The molecular weight excluding hydrogens is 398 g/mol. The Morgan fingerprint density at radius 3 is 2.27 bits per heavy atom. The van der Waals surface area contributed by atoms with Crippen LogP contribution in [0.2, 0.25) is 0 Å². The molecule has 0 atom stereocenters. The quantitative estimate of drug-likeness (QED) is 0.605. The minimum atomic E-state index is -0.843. The van der Waals surface area contributed by atoms with E-state index in [1.807, 2.05) is 36.4 Å². The molecule has 1 aromatic carbocycles. The highest BCUT2D eigenvalue weighted by Crippen LogP contribution is 2.36. The molecule has 154 valence electrons. The van der Waals surface area contributed by atoms with Crippen molar-refractivity contribution >= 4 is 23.4 Å². The maximum absolute atomic E-state index is 12.6. The van der Waals surface area contributed by atoms with Gasteiger partial charge in [0.25, 0.3) is 5.91 Å². The number of hydrogen-bond acceptors (Lipinski definition) is 5. The first-order valence-electron chi connectivity index (χ1n) is 10.1. The Morgan fingerprint density at radius 2 is 1.60 bits per heavy atom. The number of carbonyl (C=O) groups is 2. The van der Waals surface area contributed by atoms with E-state index in [0.29, 0.717) is 17.7 Å². The number of pyridine rings is 1. The van der Waals surface area contributed by atoms with Gasteiger partial charge in [-0.05, 0) is 53.7 Å². The van der Waals surface area contributed by atoms with E-state index in [0.717, 1.165) is 53.2 Å². The summed E-state index contributed by atoms with van der Waals surface area (Å²) >= 11 is 1.13. The zero-order valence-corrected chi connectivity index (χ0v) is 17.3. The number of carboxylic acids is 1. The first kappa shape index (κ1) is 20.2. The number of nitrogens with one attached hydrogen (secondary N) is 1. The molecular formula is C23H23N3O3S. The lowest BCUT2D eigenvalue weighted by molar-refractivity contribution is -0.150. The number of benzene rings is 1. The fourth-order valence-corrected chi connectivity index (χ4v) is 4.60. The van der Waals surface area contributed by atoms with Gasteiger partial charge in [-0.3, -0.25) is 14.6 Å². The summed E-state index contributed by atoms with van der Waals surface area (Å²) in [5.41, 5.74) is 2.99. The molecule has 1 fully saturated rings. The molecule has 1 amide bonds. The maximum atomic E-state index is 12.6. The third-order valence-electron chi connectivity index (χ3n) is 5.78. The van der Waals surface area contributed by atoms with Gasteiger partial charge >= 0.3 is 5.97 Å². The van der Waals surface area contributed by atoms with Gasteiger partial charge < -0.3 is 10.4 Å². The van der Waals surface area contributed by atoms with E-state index in [4.69, 9.17) is 0 Å². The standard InChI is InChI=1S/C23H23N3O3S/c27-21(25-15-23(22(28)29)10-2-1-3-11-23)20-14-19(26-30-20)18-6-4-16(5-7-18)17-8-12-24-13-9-17/h4-9,12-14H,1-3,10-11,15H2,(H,25,27)(H,28,29). The Kier molecular flexibility index (Phi) is 5.90. The number of nitrogens with zero attached hydrogens (tertiary/aromatic N) is 2. The van der Waals surface area contributed by atoms with Crippen LogP contribution in [-0.2, 0) is 4.79 Å². The molecule has 0 unspecified atom stereocenters. The van der Waals surface area contributed by atoms with Crippen molar-refractivity contribution in [2.45, 2.75) is 32.1 Å². The number of amides is 1. The molecule has 1 saturated carbocycles. The summed E-state index contributed by atoms with van der Waals surface area (Å²) in [6.45, 7) is 0.162. The van der Waals surface area contributed by atoms with Crippen LogP contribution in [0, 0.1) is 5.41 Å². The summed E-state index contributed by atoms with van der Waals surface area (Å²) in [6.07, 6.45) is 7.58. The first-order valence-corrected chi connectivity index (χ1v) is 10.8. The average molecular weight is 422 g/mol. The predicted octanol–water partition coefficient (Wildman–Crippen LogP) is 4.64. The molecule has 30 heavy (non-hydrogen) atoms. The zero-order chi connectivity index (χ0) is 21.0. The van der Waals surface area contributed by atoms with Crippen molar-refractivity contribution < 1.29 is 14.7 Å². The minimum Gasteiger partial charge on any atom is -0.481 e. The molecule has 0 saturated heterocycles. The maximum Gasteiger partial charge on any atom is 0.311 e. The number of carboxylic acid groups (broad SMARTS) is 1. The van der Waals surface area contributed by atoms with Gasteiger partial charge in [-0.15, -0.1) is 0 Å². The van der Waals surface area contributed by atoms with E-state index in [9.17, 15) is 14.7 Å². The fraction of sp³-hybridized carbons (Fsp3) is 0.304. The molecule has 0 aliphatic heterocycles. The van der Waals surface area contributed by atoms with Gasteiger partial charge in [-0.2, -0.15) is 4.37 Å². The van der Waals surface area contributed by atoms with Gasteiger partial charge in [0, 0.05) is 24.5 Å². The Morgan fingerprint density at radius 1 is 0.967 bits per heavy atom. The van der Waals surface area contributed by atoms with Crippen molar-refractivity contribution in [1.29, 1.82) is 0 Å². The van der Waals surface area contributed by atoms with E-state index in [1.165, 1.54) is 0 Å². The summed E-state index contributed by atoms with van der Waals surface area (Å²) in [7, 11) is 0. The Balaban J connectivity index is 1.43. The Labute approximate surface area is 179 Å². The largest absolute Gasteiger partial charge is 0.481 e. The van der Waals surface area contributed by atoms with Crippen molar-refractivity contribution in [2.24, 2.45) is 5.41 Å². The molecule has 7 heteroatoms. The van der Waals surface area contributed by atoms with Crippen molar-refractivity contribution in [3.8, 4) is 22.4 Å². The van der Waals surface area contributed by atoms with Gasteiger partial charge in [0.05, 0.1) is 11.1 Å². The third kappa shape index (κ3) is 4.26. The first-order chi connectivity index (χ1) is 14.6. The monoisotopic (exact) mass is 421 g/mol. The van der Waals surface area contributed by atoms with Crippen LogP contribution >= 0.6 is 11.5 Å². The van der Waals surface area contributed by atoms with E-state index < -0.39 is 11.4 Å². The number of rotatable bonds is 6. The topological polar surface area (TPSA) is 92.2 Å². The number of aliphatic carboxylic acids is 1. The van der Waals surface area contributed by atoms with E-state index >= 15 is 0 Å². The van der Waals surface area contributed by atoms with Gasteiger partial charge in [-0.25, -0.2) is 0 Å². The molecule has 0 spiro atoms. The smallest absolute Gasteiger partial charge is 0.311 e. The molecule has 1 aliphatic carbocycles. The van der Waals surface area contributed by atoms with Crippen LogP contribution in [0.3, 0.4) is 0 Å². The zero-order valence-electron chi connectivity index (χ0n) is 16.5. The molecule has 2 N–H and O–H groups in total. The van der Waals surface area contributed by atoms with Crippen molar-refractivity contribution in [1.82, 2.24) is 14.7 Å². The molecule has 6 nitrogen and oxygen atoms in total. The molecule has 4 rings (SSSR count). The lowest BCUT2D eigenvalue weighted by Gasteiger charge is -2.33. The molecule has 3 aromatic rings. The summed E-state index contributed by atoms with van der Waals surface area (Å²) in [5.74, 6) is -1.08. The molecule has 0 radical (unpaired) electrons. The second-order valence-corrected chi connectivity index (χ2v) is 8.52. The van der Waals surface area contributed by atoms with E-state index in [1.54, 1.807) is 18.5 Å². The van der Waals surface area contributed by atoms with E-state index in [-0.39, 0.29) is 12.5 Å². The van der Waals surface area contributed by atoms with Gasteiger partial charge in [0.1, 0.15) is 4.88 Å². The summed E-state index contributed by atoms with van der Waals surface area (Å²) in [6, 6.07) is 13.7. The number of hydrogen-bond donors (Lipinski definition) is 2. The van der Waals surface area contributed by atoms with Gasteiger partial charge in [-0.1, -0.05) is 43.5 Å². The second kappa shape index (κ2) is 8.75. The van der Waals surface area contributed by atoms with Crippen LogP contribution in [-0.4, -0.2) is 32.9 Å². The minimum absolute atomic E-state index is 0.162. The average Bonchev–Trinajstić information content (AvgIpc) is 3.29. The van der Waals surface area contributed by atoms with Gasteiger partial charge in [0.2, 0.25) is 0 Å². The highest BCUT2D eigenvalue weighted by molar-refractivity contribution is 7.08. The Hall–Kier alpha value is -3.06. The fourth-order valence-electron chi connectivity index (χ4n) is 3.93. The molecule has 0 bridgehead atoms. The highest BCUT2D eigenvalue weighted by Gasteiger charge is 2.39. The SMILES string of the molecule is O=C(NCC1(C(=O)O)CCCCC1)c1cc(-c2ccc(-c3ccncc3)cc2)ns1. The van der Waals surface area contributed by atoms with Crippen molar-refractivity contribution in [3.05, 3.63) is 59.7 Å². The summed E-state index contributed by atoms with van der Waals surface area (Å²) < 4.78 is 4.41. The van der Waals surface area contributed by atoms with Crippen molar-refractivity contribution in [2.75, 3.05) is 6.54 Å². The van der Waals surface area contributed by atoms with E-state index in [2.05, 4.69) is 14.7 Å². The van der Waals surface area contributed by atoms with Crippen LogP contribution in [0.15, 0.2) is 54.9 Å². The summed E-state index contributed by atoms with van der Waals surface area (Å²) in [5, 5.41) is 12.5. The van der Waals surface area contributed by atoms with Crippen LogP contribution in [0.4, 0.5) is 0 Å². The highest BCUT2D eigenvalue weighted by atomic mass is 32.1. The van der Waals surface area contributed by atoms with Crippen molar-refractivity contribution in [3.63, 3.8) is 0 Å². The molecule has 2 aromatic heterocycles.